The summed E-state index contributed by atoms with van der Waals surface area (Å²) in [5, 5.41) is 4.50. The van der Waals surface area contributed by atoms with E-state index in [4.69, 9.17) is 27.9 Å². The molecule has 0 amide bonds. The smallest absolute Gasteiger partial charge is 0.0961 e. The van der Waals surface area contributed by atoms with Gasteiger partial charge in [-0.2, -0.15) is 0 Å². The summed E-state index contributed by atoms with van der Waals surface area (Å²) < 4.78 is 4.86. The fourth-order valence-electron chi connectivity index (χ4n) is 1.12. The number of hydrogen-bond acceptors (Lipinski definition) is 2. The maximum atomic E-state index is 6.00. The molecule has 0 saturated carbocycles. The van der Waals surface area contributed by atoms with Gasteiger partial charge in [0, 0.05) is 23.7 Å². The molecule has 0 aromatic heterocycles. The Hall–Kier alpha value is -0.280. The Balaban J connectivity index is 2.42. The predicted molar refractivity (Wildman–Crippen MR) is 60.0 cm³/mol. The van der Waals surface area contributed by atoms with Gasteiger partial charge in [-0.15, -0.1) is 0 Å². The van der Waals surface area contributed by atoms with Gasteiger partial charge in [0.15, 0.2) is 0 Å². The molecular weight excluding hydrogens is 221 g/mol. The van der Waals surface area contributed by atoms with E-state index >= 15 is 0 Å². The fourth-order valence-corrected chi connectivity index (χ4v) is 1.62. The van der Waals surface area contributed by atoms with Gasteiger partial charge in [0.2, 0.25) is 0 Å². The van der Waals surface area contributed by atoms with E-state index in [1.807, 2.05) is 12.1 Å². The molecule has 0 saturated heterocycles. The van der Waals surface area contributed by atoms with Gasteiger partial charge < -0.3 is 4.74 Å². The van der Waals surface area contributed by atoms with Gasteiger partial charge in [-0.1, -0.05) is 29.3 Å². The molecule has 1 N–H and O–H groups in total. The van der Waals surface area contributed by atoms with Crippen LogP contribution in [0.5, 0.6) is 0 Å². The van der Waals surface area contributed by atoms with Gasteiger partial charge in [0.05, 0.1) is 6.73 Å². The number of ether oxygens (including phenoxy) is 1. The summed E-state index contributed by atoms with van der Waals surface area (Å²) in [5.41, 5.74) is 1.10. The summed E-state index contributed by atoms with van der Waals surface area (Å²) in [6, 6.07) is 5.55. The SMILES string of the molecule is COCNCCc1ccc(Cl)cc1Cl. The molecule has 1 aromatic rings. The van der Waals surface area contributed by atoms with Gasteiger partial charge in [-0.05, 0) is 24.1 Å². The summed E-state index contributed by atoms with van der Waals surface area (Å²) in [5.74, 6) is 0. The lowest BCUT2D eigenvalue weighted by molar-refractivity contribution is 0.176. The molecule has 78 valence electrons. The van der Waals surface area contributed by atoms with Crippen molar-refractivity contribution in [3.05, 3.63) is 33.8 Å². The topological polar surface area (TPSA) is 21.3 Å². The second-order valence-corrected chi connectivity index (χ2v) is 3.76. The number of rotatable bonds is 5. The lowest BCUT2D eigenvalue weighted by Crippen LogP contribution is -2.19. The molecule has 0 unspecified atom stereocenters. The molecule has 0 heterocycles. The molecular formula is C10H13Cl2NO. The van der Waals surface area contributed by atoms with E-state index < -0.39 is 0 Å². The van der Waals surface area contributed by atoms with Crippen molar-refractivity contribution in [2.24, 2.45) is 0 Å². The van der Waals surface area contributed by atoms with Gasteiger partial charge in [0.25, 0.3) is 0 Å². The monoisotopic (exact) mass is 233 g/mol. The molecule has 0 aliphatic rings. The first kappa shape index (κ1) is 11.8. The minimum absolute atomic E-state index is 0.561. The molecule has 0 aliphatic heterocycles. The van der Waals surface area contributed by atoms with Crippen LogP contribution in [0.4, 0.5) is 0 Å². The van der Waals surface area contributed by atoms with Crippen LogP contribution in [-0.2, 0) is 11.2 Å². The molecule has 4 heteroatoms. The number of methoxy groups -OCH3 is 1. The molecule has 2 nitrogen and oxygen atoms in total. The molecule has 0 aliphatic carbocycles. The summed E-state index contributed by atoms with van der Waals surface area (Å²) in [6.07, 6.45) is 0.874. The number of benzene rings is 1. The van der Waals surface area contributed by atoms with E-state index in [0.717, 1.165) is 23.6 Å². The largest absolute Gasteiger partial charge is 0.370 e. The maximum absolute atomic E-state index is 6.00. The van der Waals surface area contributed by atoms with E-state index in [0.29, 0.717) is 11.8 Å². The summed E-state index contributed by atoms with van der Waals surface area (Å²) in [7, 11) is 1.66. The van der Waals surface area contributed by atoms with Crippen LogP contribution in [0, 0.1) is 0 Å². The standard InChI is InChI=1S/C10H13Cl2NO/c1-14-7-13-5-4-8-2-3-9(11)6-10(8)12/h2-3,6,13H,4-5,7H2,1H3. The first-order chi connectivity index (χ1) is 6.74. The van der Waals surface area contributed by atoms with E-state index in [9.17, 15) is 0 Å². The van der Waals surface area contributed by atoms with Crippen LogP contribution in [0.3, 0.4) is 0 Å². The molecule has 0 fully saturated rings. The normalized spacial score (nSPS) is 10.5. The molecule has 0 bridgehead atoms. The Kier molecular flexibility index (Phi) is 5.26. The van der Waals surface area contributed by atoms with Gasteiger partial charge >= 0.3 is 0 Å². The van der Waals surface area contributed by atoms with Crippen molar-refractivity contribution < 1.29 is 4.74 Å². The highest BCUT2D eigenvalue weighted by Gasteiger charge is 2.00. The third kappa shape index (κ3) is 3.84. The predicted octanol–water partition coefficient (Wildman–Crippen LogP) is 2.73. The first-order valence-electron chi connectivity index (χ1n) is 4.37. The zero-order chi connectivity index (χ0) is 10.4. The Morgan fingerprint density at radius 3 is 2.79 bits per heavy atom. The zero-order valence-corrected chi connectivity index (χ0v) is 9.53. The highest BCUT2D eigenvalue weighted by molar-refractivity contribution is 6.35. The summed E-state index contributed by atoms with van der Waals surface area (Å²) in [6.45, 7) is 1.40. The second-order valence-electron chi connectivity index (χ2n) is 2.92. The highest BCUT2D eigenvalue weighted by atomic mass is 35.5. The van der Waals surface area contributed by atoms with Crippen LogP contribution in [0.15, 0.2) is 18.2 Å². The Morgan fingerprint density at radius 1 is 1.36 bits per heavy atom. The van der Waals surface area contributed by atoms with Crippen LogP contribution in [0.2, 0.25) is 10.0 Å². The lowest BCUT2D eigenvalue weighted by Gasteiger charge is -2.05. The zero-order valence-electron chi connectivity index (χ0n) is 8.02. The Bertz CT molecular complexity index is 291. The molecule has 1 aromatic carbocycles. The van der Waals surface area contributed by atoms with Crippen LogP contribution < -0.4 is 5.32 Å². The molecule has 0 radical (unpaired) electrons. The van der Waals surface area contributed by atoms with Crippen LogP contribution >= 0.6 is 23.2 Å². The average Bonchev–Trinajstić information content (AvgIpc) is 2.15. The van der Waals surface area contributed by atoms with Crippen molar-refractivity contribution in [1.82, 2.24) is 5.32 Å². The fraction of sp³-hybridized carbons (Fsp3) is 0.400. The van der Waals surface area contributed by atoms with Crippen LogP contribution in [0.1, 0.15) is 5.56 Å². The van der Waals surface area contributed by atoms with Crippen LogP contribution in [-0.4, -0.2) is 20.4 Å². The number of nitrogens with one attached hydrogen (secondary N) is 1. The Labute approximate surface area is 94.2 Å². The minimum atomic E-state index is 0.561. The second kappa shape index (κ2) is 6.25. The third-order valence-corrected chi connectivity index (χ3v) is 2.42. The van der Waals surface area contributed by atoms with Gasteiger partial charge in [-0.3, -0.25) is 5.32 Å². The number of halogens is 2. The van der Waals surface area contributed by atoms with Crippen molar-refractivity contribution in [2.45, 2.75) is 6.42 Å². The Morgan fingerprint density at radius 2 is 2.14 bits per heavy atom. The van der Waals surface area contributed by atoms with Crippen molar-refractivity contribution in [1.29, 1.82) is 0 Å². The highest BCUT2D eigenvalue weighted by Crippen LogP contribution is 2.20. The molecule has 0 spiro atoms. The summed E-state index contributed by atoms with van der Waals surface area (Å²) in [4.78, 5) is 0. The quantitative estimate of drug-likeness (QED) is 0.624. The lowest BCUT2D eigenvalue weighted by atomic mass is 10.1. The third-order valence-electron chi connectivity index (χ3n) is 1.83. The number of hydrogen-bond donors (Lipinski definition) is 1. The molecule has 14 heavy (non-hydrogen) atoms. The van der Waals surface area contributed by atoms with Gasteiger partial charge in [-0.25, -0.2) is 0 Å². The van der Waals surface area contributed by atoms with Crippen molar-refractivity contribution >= 4 is 23.2 Å². The molecule has 1 rings (SSSR count). The minimum Gasteiger partial charge on any atom is -0.370 e. The van der Waals surface area contributed by atoms with E-state index in [-0.39, 0.29) is 0 Å². The molecule has 0 atom stereocenters. The van der Waals surface area contributed by atoms with E-state index in [1.54, 1.807) is 13.2 Å². The van der Waals surface area contributed by atoms with Crippen molar-refractivity contribution in [3.63, 3.8) is 0 Å². The van der Waals surface area contributed by atoms with E-state index in [1.165, 1.54) is 0 Å². The van der Waals surface area contributed by atoms with Gasteiger partial charge in [0.1, 0.15) is 0 Å². The summed E-state index contributed by atoms with van der Waals surface area (Å²) >= 11 is 11.8. The average molecular weight is 234 g/mol. The van der Waals surface area contributed by atoms with E-state index in [2.05, 4.69) is 5.32 Å². The maximum Gasteiger partial charge on any atom is 0.0961 e. The van der Waals surface area contributed by atoms with Crippen molar-refractivity contribution in [2.75, 3.05) is 20.4 Å². The first-order valence-corrected chi connectivity index (χ1v) is 5.13. The van der Waals surface area contributed by atoms with Crippen molar-refractivity contribution in [3.8, 4) is 0 Å². The van der Waals surface area contributed by atoms with Crippen LogP contribution in [0.25, 0.3) is 0 Å².